The lowest BCUT2D eigenvalue weighted by molar-refractivity contribution is 0.473. The smallest absolute Gasteiger partial charge is 0.152 e. The third kappa shape index (κ3) is 1.99. The van der Waals surface area contributed by atoms with E-state index < -0.39 is 0 Å². The van der Waals surface area contributed by atoms with Crippen molar-refractivity contribution in [3.8, 4) is 29.7 Å². The van der Waals surface area contributed by atoms with Gasteiger partial charge in [0, 0.05) is 11.5 Å². The molecule has 0 saturated carbocycles. The highest BCUT2D eigenvalue weighted by atomic mass is 16.3. The van der Waals surface area contributed by atoms with E-state index in [1.165, 1.54) is 12.1 Å². The fourth-order valence-corrected chi connectivity index (χ4v) is 0.804. The number of aromatic hydroxyl groups is 1. The summed E-state index contributed by atoms with van der Waals surface area (Å²) < 4.78 is 0. The fourth-order valence-electron chi connectivity index (χ4n) is 0.804. The van der Waals surface area contributed by atoms with Crippen LogP contribution in [0.2, 0.25) is 0 Å². The molecule has 1 N–H and O–H groups in total. The summed E-state index contributed by atoms with van der Waals surface area (Å²) in [4.78, 5) is 0. The van der Waals surface area contributed by atoms with Gasteiger partial charge in [-0.3, -0.25) is 0 Å². The summed E-state index contributed by atoms with van der Waals surface area (Å²) in [5.74, 6) is 4.58. The van der Waals surface area contributed by atoms with Crippen molar-refractivity contribution in [2.75, 3.05) is 0 Å². The van der Waals surface area contributed by atoms with Crippen LogP contribution < -0.4 is 0 Å². The SMILES string of the molecule is N#CC#Cc1ccc(C#N)c(O)c1. The molecule has 0 unspecified atom stereocenters. The Morgan fingerprint density at radius 3 is 2.54 bits per heavy atom. The van der Waals surface area contributed by atoms with E-state index in [0.717, 1.165) is 0 Å². The van der Waals surface area contributed by atoms with E-state index in [9.17, 15) is 5.11 Å². The van der Waals surface area contributed by atoms with Crippen molar-refractivity contribution in [3.05, 3.63) is 29.3 Å². The molecule has 3 nitrogen and oxygen atoms in total. The molecule has 3 heteroatoms. The Hall–Kier alpha value is -2.44. The van der Waals surface area contributed by atoms with Gasteiger partial charge in [0.2, 0.25) is 0 Å². The Kier molecular flexibility index (Phi) is 2.54. The van der Waals surface area contributed by atoms with Gasteiger partial charge < -0.3 is 5.11 Å². The molecule has 1 aromatic carbocycles. The molecule has 60 valence electrons. The first kappa shape index (κ1) is 8.65. The molecule has 0 heterocycles. The topological polar surface area (TPSA) is 67.8 Å². The predicted molar refractivity (Wildman–Crippen MR) is 45.3 cm³/mol. The highest BCUT2D eigenvalue weighted by Crippen LogP contribution is 2.16. The Balaban J connectivity index is 3.13. The second-order valence-electron chi connectivity index (χ2n) is 2.21. The number of hydrogen-bond acceptors (Lipinski definition) is 3. The zero-order valence-electron chi connectivity index (χ0n) is 6.57. The lowest BCUT2D eigenvalue weighted by Crippen LogP contribution is -1.78. The zero-order valence-corrected chi connectivity index (χ0v) is 6.57. The first-order valence-corrected chi connectivity index (χ1v) is 3.41. The van der Waals surface area contributed by atoms with Gasteiger partial charge in [0.15, 0.2) is 6.07 Å². The van der Waals surface area contributed by atoms with Crippen molar-refractivity contribution in [3.63, 3.8) is 0 Å². The number of phenolic OH excluding ortho intramolecular Hbond substituents is 1. The molecule has 0 amide bonds. The largest absolute Gasteiger partial charge is 0.507 e. The van der Waals surface area contributed by atoms with E-state index >= 15 is 0 Å². The Morgan fingerprint density at radius 1 is 1.23 bits per heavy atom. The highest BCUT2D eigenvalue weighted by molar-refractivity contribution is 5.49. The van der Waals surface area contributed by atoms with E-state index in [-0.39, 0.29) is 11.3 Å². The second kappa shape index (κ2) is 3.81. The van der Waals surface area contributed by atoms with Gasteiger partial charge in [0.05, 0.1) is 5.56 Å². The van der Waals surface area contributed by atoms with Gasteiger partial charge in [0.25, 0.3) is 0 Å². The minimum Gasteiger partial charge on any atom is -0.507 e. The minimum atomic E-state index is -0.118. The summed E-state index contributed by atoms with van der Waals surface area (Å²) in [5, 5.41) is 25.9. The average molecular weight is 168 g/mol. The molecular weight excluding hydrogens is 164 g/mol. The Morgan fingerprint density at radius 2 is 2.00 bits per heavy atom. The van der Waals surface area contributed by atoms with E-state index in [4.69, 9.17) is 10.5 Å². The molecule has 0 fully saturated rings. The number of nitrogens with zero attached hydrogens (tertiary/aromatic N) is 2. The maximum Gasteiger partial charge on any atom is 0.152 e. The zero-order chi connectivity index (χ0) is 9.68. The normalized spacial score (nSPS) is 7.54. The summed E-state index contributed by atoms with van der Waals surface area (Å²) in [7, 11) is 0. The molecule has 0 atom stereocenters. The number of benzene rings is 1. The third-order valence-electron chi connectivity index (χ3n) is 1.38. The van der Waals surface area contributed by atoms with E-state index in [0.29, 0.717) is 5.56 Å². The van der Waals surface area contributed by atoms with Crippen molar-refractivity contribution >= 4 is 0 Å². The highest BCUT2D eigenvalue weighted by Gasteiger charge is 1.98. The van der Waals surface area contributed by atoms with Crippen molar-refractivity contribution in [1.29, 1.82) is 10.5 Å². The minimum absolute atomic E-state index is 0.118. The Bertz CT molecular complexity index is 466. The van der Waals surface area contributed by atoms with Gasteiger partial charge in [-0.25, -0.2) is 0 Å². The van der Waals surface area contributed by atoms with Crippen LogP contribution in [0.1, 0.15) is 11.1 Å². The summed E-state index contributed by atoms with van der Waals surface area (Å²) in [6.45, 7) is 0. The quantitative estimate of drug-likeness (QED) is 0.590. The molecule has 0 aliphatic rings. The van der Waals surface area contributed by atoms with Crippen molar-refractivity contribution in [1.82, 2.24) is 0 Å². The summed E-state index contributed by atoms with van der Waals surface area (Å²) in [5.41, 5.74) is 0.709. The fraction of sp³-hybridized carbons (Fsp3) is 0. The Labute approximate surface area is 75.5 Å². The van der Waals surface area contributed by atoms with E-state index in [2.05, 4.69) is 11.8 Å². The molecule has 13 heavy (non-hydrogen) atoms. The maximum atomic E-state index is 9.22. The number of phenols is 1. The lowest BCUT2D eigenvalue weighted by atomic mass is 10.1. The van der Waals surface area contributed by atoms with Gasteiger partial charge >= 0.3 is 0 Å². The van der Waals surface area contributed by atoms with Gasteiger partial charge in [0.1, 0.15) is 11.8 Å². The van der Waals surface area contributed by atoms with Crippen LogP contribution in [0.3, 0.4) is 0 Å². The first-order valence-electron chi connectivity index (χ1n) is 3.41. The number of nitriles is 2. The van der Waals surface area contributed by atoms with Crippen LogP contribution in [-0.4, -0.2) is 5.11 Å². The van der Waals surface area contributed by atoms with Gasteiger partial charge in [-0.2, -0.15) is 10.5 Å². The molecule has 0 aromatic heterocycles. The van der Waals surface area contributed by atoms with Crippen LogP contribution in [0.25, 0.3) is 0 Å². The predicted octanol–water partition coefficient (Wildman–Crippen LogP) is 1.14. The third-order valence-corrected chi connectivity index (χ3v) is 1.38. The van der Waals surface area contributed by atoms with Gasteiger partial charge in [-0.15, -0.1) is 0 Å². The van der Waals surface area contributed by atoms with E-state index in [1.54, 1.807) is 12.1 Å². The maximum absolute atomic E-state index is 9.22. The monoisotopic (exact) mass is 168 g/mol. The summed E-state index contributed by atoms with van der Waals surface area (Å²) in [6, 6.07) is 7.85. The molecular formula is C10H4N2O. The molecule has 0 saturated heterocycles. The molecule has 1 rings (SSSR count). The van der Waals surface area contributed by atoms with Crippen LogP contribution in [0.5, 0.6) is 5.75 Å². The van der Waals surface area contributed by atoms with Crippen LogP contribution in [0.4, 0.5) is 0 Å². The van der Waals surface area contributed by atoms with Crippen LogP contribution in [0.15, 0.2) is 18.2 Å². The summed E-state index contributed by atoms with van der Waals surface area (Å²) >= 11 is 0. The molecule has 1 aromatic rings. The van der Waals surface area contributed by atoms with Gasteiger partial charge in [-0.05, 0) is 18.2 Å². The molecule has 0 radical (unpaired) electrons. The number of hydrogen-bond donors (Lipinski definition) is 1. The number of rotatable bonds is 0. The van der Waals surface area contributed by atoms with Crippen molar-refractivity contribution in [2.24, 2.45) is 0 Å². The van der Waals surface area contributed by atoms with Crippen LogP contribution in [0, 0.1) is 34.5 Å². The standard InChI is InChI=1S/C10H4N2O/c11-5-1-2-8-3-4-9(7-12)10(13)6-8/h3-4,6,13H. The molecule has 0 aliphatic carbocycles. The lowest BCUT2D eigenvalue weighted by Gasteiger charge is -1.94. The van der Waals surface area contributed by atoms with Crippen molar-refractivity contribution in [2.45, 2.75) is 0 Å². The second-order valence-corrected chi connectivity index (χ2v) is 2.21. The molecule has 0 aliphatic heterocycles. The van der Waals surface area contributed by atoms with Crippen LogP contribution >= 0.6 is 0 Å². The molecule has 0 bridgehead atoms. The van der Waals surface area contributed by atoms with Crippen molar-refractivity contribution < 1.29 is 5.11 Å². The average Bonchev–Trinajstić information content (AvgIpc) is 2.15. The molecule has 0 spiro atoms. The van der Waals surface area contributed by atoms with Crippen LogP contribution in [-0.2, 0) is 0 Å². The first-order chi connectivity index (χ1) is 6.27. The summed E-state index contributed by atoms with van der Waals surface area (Å²) in [6.07, 6.45) is 0. The van der Waals surface area contributed by atoms with Gasteiger partial charge in [-0.1, -0.05) is 5.92 Å². The van der Waals surface area contributed by atoms with E-state index in [1.807, 2.05) is 6.07 Å².